The van der Waals surface area contributed by atoms with E-state index < -0.39 is 0 Å². The Morgan fingerprint density at radius 3 is 2.81 bits per heavy atom. The number of nitrogens with zero attached hydrogens (tertiary/aromatic N) is 3. The second kappa shape index (κ2) is 6.72. The Morgan fingerprint density at radius 2 is 2.04 bits per heavy atom. The highest BCUT2D eigenvalue weighted by molar-refractivity contribution is 5.76. The van der Waals surface area contributed by atoms with Crippen LogP contribution in [0, 0.1) is 12.8 Å². The number of ether oxygens (including phenoxy) is 1. The molecule has 0 saturated carbocycles. The Balaban J connectivity index is 1.55. The highest BCUT2D eigenvalue weighted by Crippen LogP contribution is 2.35. The van der Waals surface area contributed by atoms with Crippen LogP contribution in [0.4, 0.5) is 0 Å². The van der Waals surface area contributed by atoms with Crippen LogP contribution in [0.2, 0.25) is 0 Å². The van der Waals surface area contributed by atoms with Crippen molar-refractivity contribution in [3.05, 3.63) is 62.4 Å². The smallest absolute Gasteiger partial charge is 0.250 e. The molecule has 142 valence electrons. The lowest BCUT2D eigenvalue weighted by Crippen LogP contribution is -2.49. The van der Waals surface area contributed by atoms with Gasteiger partial charge in [-0.05, 0) is 25.3 Å². The van der Waals surface area contributed by atoms with Gasteiger partial charge in [0.2, 0.25) is 11.3 Å². The SMILES string of the molecule is COc1cn(CC(=O)N2C[C@H]3C[C@@H](C2)c2cccc(=O)n2C3)c(C)cc1=O. The molecule has 4 rings (SSSR count). The van der Waals surface area contributed by atoms with Crippen molar-refractivity contribution < 1.29 is 9.53 Å². The minimum Gasteiger partial charge on any atom is -0.491 e. The summed E-state index contributed by atoms with van der Waals surface area (Å²) in [4.78, 5) is 38.8. The molecule has 0 radical (unpaired) electrons. The molecular formula is C20H23N3O4. The van der Waals surface area contributed by atoms with Gasteiger partial charge in [-0.15, -0.1) is 0 Å². The second-order valence-electron chi connectivity index (χ2n) is 7.47. The summed E-state index contributed by atoms with van der Waals surface area (Å²) in [6, 6.07) is 6.87. The molecule has 0 unspecified atom stereocenters. The molecule has 1 saturated heterocycles. The fourth-order valence-electron chi connectivity index (χ4n) is 4.32. The van der Waals surface area contributed by atoms with E-state index in [-0.39, 0.29) is 35.1 Å². The lowest BCUT2D eigenvalue weighted by atomic mass is 9.83. The maximum absolute atomic E-state index is 12.9. The van der Waals surface area contributed by atoms with Gasteiger partial charge in [0.25, 0.3) is 5.56 Å². The topological polar surface area (TPSA) is 73.5 Å². The summed E-state index contributed by atoms with van der Waals surface area (Å²) in [5.41, 5.74) is 1.60. The molecule has 0 aromatic carbocycles. The van der Waals surface area contributed by atoms with E-state index in [0.29, 0.717) is 25.6 Å². The number of hydrogen-bond acceptors (Lipinski definition) is 4. The molecule has 0 spiro atoms. The number of carbonyl (C=O) groups is 1. The third-order valence-electron chi connectivity index (χ3n) is 5.67. The van der Waals surface area contributed by atoms with Gasteiger partial charge in [-0.25, -0.2) is 0 Å². The molecule has 4 heterocycles. The van der Waals surface area contributed by atoms with E-state index in [9.17, 15) is 14.4 Å². The first-order valence-electron chi connectivity index (χ1n) is 9.19. The van der Waals surface area contributed by atoms with E-state index in [2.05, 4.69) is 0 Å². The van der Waals surface area contributed by atoms with Crippen molar-refractivity contribution >= 4 is 5.91 Å². The fraction of sp³-hybridized carbons (Fsp3) is 0.450. The van der Waals surface area contributed by atoms with Crippen molar-refractivity contribution in [2.45, 2.75) is 32.4 Å². The maximum atomic E-state index is 12.9. The van der Waals surface area contributed by atoms with Crippen LogP contribution in [0.1, 0.15) is 23.7 Å². The number of hydrogen-bond donors (Lipinski definition) is 0. The predicted molar refractivity (Wildman–Crippen MR) is 100 cm³/mol. The summed E-state index contributed by atoms with van der Waals surface area (Å²) < 4.78 is 8.70. The number of pyridine rings is 2. The molecule has 1 fully saturated rings. The van der Waals surface area contributed by atoms with E-state index in [1.165, 1.54) is 13.2 Å². The minimum absolute atomic E-state index is 0.0187. The van der Waals surface area contributed by atoms with Gasteiger partial charge in [-0.3, -0.25) is 14.4 Å². The number of methoxy groups -OCH3 is 1. The highest BCUT2D eigenvalue weighted by atomic mass is 16.5. The van der Waals surface area contributed by atoms with Gasteiger partial charge in [-0.1, -0.05) is 6.07 Å². The fourth-order valence-corrected chi connectivity index (χ4v) is 4.32. The van der Waals surface area contributed by atoms with Crippen molar-refractivity contribution in [2.75, 3.05) is 20.2 Å². The van der Waals surface area contributed by atoms with Crippen LogP contribution in [-0.2, 0) is 17.9 Å². The van der Waals surface area contributed by atoms with E-state index in [1.807, 2.05) is 22.5 Å². The van der Waals surface area contributed by atoms with Gasteiger partial charge in [-0.2, -0.15) is 0 Å². The Labute approximate surface area is 156 Å². The Morgan fingerprint density at radius 1 is 1.22 bits per heavy atom. The molecule has 27 heavy (non-hydrogen) atoms. The summed E-state index contributed by atoms with van der Waals surface area (Å²) in [7, 11) is 1.45. The lowest BCUT2D eigenvalue weighted by molar-refractivity contribution is -0.134. The minimum atomic E-state index is -0.187. The first kappa shape index (κ1) is 17.6. The van der Waals surface area contributed by atoms with Crippen LogP contribution in [0.3, 0.4) is 0 Å². The zero-order valence-corrected chi connectivity index (χ0v) is 15.6. The first-order valence-corrected chi connectivity index (χ1v) is 9.19. The molecule has 0 aliphatic carbocycles. The molecule has 2 bridgehead atoms. The second-order valence-corrected chi connectivity index (χ2v) is 7.47. The average Bonchev–Trinajstić information content (AvgIpc) is 2.64. The molecule has 0 N–H and O–H groups in total. The third-order valence-corrected chi connectivity index (χ3v) is 5.67. The number of likely N-dealkylation sites (tertiary alicyclic amines) is 1. The summed E-state index contributed by atoms with van der Waals surface area (Å²) >= 11 is 0. The quantitative estimate of drug-likeness (QED) is 0.808. The number of aromatic nitrogens is 2. The van der Waals surface area contributed by atoms with Crippen LogP contribution in [-0.4, -0.2) is 40.1 Å². The van der Waals surface area contributed by atoms with E-state index in [0.717, 1.165) is 17.8 Å². The van der Waals surface area contributed by atoms with Crippen molar-refractivity contribution in [1.82, 2.24) is 14.0 Å². The van der Waals surface area contributed by atoms with Crippen molar-refractivity contribution in [3.63, 3.8) is 0 Å². The van der Waals surface area contributed by atoms with E-state index >= 15 is 0 Å². The number of carbonyl (C=O) groups excluding carboxylic acids is 1. The monoisotopic (exact) mass is 369 g/mol. The summed E-state index contributed by atoms with van der Waals surface area (Å²) in [5.74, 6) is 0.743. The molecule has 2 aromatic heterocycles. The van der Waals surface area contributed by atoms with Crippen LogP contribution in [0.5, 0.6) is 5.75 Å². The summed E-state index contributed by atoms with van der Waals surface area (Å²) in [5, 5.41) is 0. The van der Waals surface area contributed by atoms with Gasteiger partial charge in [0, 0.05) is 49.1 Å². The number of rotatable bonds is 3. The predicted octanol–water partition coefficient (Wildman–Crippen LogP) is 0.973. The normalized spacial score (nSPS) is 20.9. The van der Waals surface area contributed by atoms with Crippen LogP contribution >= 0.6 is 0 Å². The third kappa shape index (κ3) is 3.18. The van der Waals surface area contributed by atoms with Gasteiger partial charge in [0.1, 0.15) is 6.54 Å². The largest absolute Gasteiger partial charge is 0.491 e. The zero-order valence-electron chi connectivity index (χ0n) is 15.6. The highest BCUT2D eigenvalue weighted by Gasteiger charge is 2.36. The first-order chi connectivity index (χ1) is 13.0. The van der Waals surface area contributed by atoms with E-state index in [1.54, 1.807) is 22.9 Å². The van der Waals surface area contributed by atoms with Crippen LogP contribution in [0.25, 0.3) is 0 Å². The number of aryl methyl sites for hydroxylation is 1. The van der Waals surface area contributed by atoms with Gasteiger partial charge < -0.3 is 18.8 Å². The Bertz CT molecular complexity index is 1010. The maximum Gasteiger partial charge on any atom is 0.250 e. The molecule has 2 aromatic rings. The van der Waals surface area contributed by atoms with Crippen LogP contribution in [0.15, 0.2) is 40.1 Å². The zero-order chi connectivity index (χ0) is 19.1. The van der Waals surface area contributed by atoms with Crippen LogP contribution < -0.4 is 15.7 Å². The molecule has 1 amide bonds. The standard InChI is InChI=1S/C20H23N3O4/c1-13-6-17(24)18(27-2)11-21(13)12-20(26)22-8-14-7-15(10-22)16-4-3-5-19(25)23(16)9-14/h3-6,11,14-15H,7-10,12H2,1-2H3/t14-,15+/m1/s1. The van der Waals surface area contributed by atoms with Gasteiger partial charge in [0.15, 0.2) is 5.75 Å². The van der Waals surface area contributed by atoms with Crippen molar-refractivity contribution in [1.29, 1.82) is 0 Å². The Hall–Kier alpha value is -2.83. The molecule has 2 atom stereocenters. The Kier molecular flexibility index (Phi) is 4.37. The molecule has 7 heteroatoms. The molecule has 2 aliphatic heterocycles. The van der Waals surface area contributed by atoms with Crippen molar-refractivity contribution in [3.8, 4) is 5.75 Å². The summed E-state index contributed by atoms with van der Waals surface area (Å²) in [6.45, 7) is 3.92. The number of piperidine rings is 1. The van der Waals surface area contributed by atoms with Gasteiger partial charge in [0.05, 0.1) is 13.3 Å². The molecule has 2 aliphatic rings. The summed E-state index contributed by atoms with van der Waals surface area (Å²) in [6.07, 6.45) is 2.60. The lowest BCUT2D eigenvalue weighted by Gasteiger charge is -2.42. The average molecular weight is 369 g/mol. The molecule has 7 nitrogen and oxygen atoms in total. The van der Waals surface area contributed by atoms with E-state index in [4.69, 9.17) is 4.74 Å². The van der Waals surface area contributed by atoms with Gasteiger partial charge >= 0.3 is 0 Å². The molecular weight excluding hydrogens is 346 g/mol. The van der Waals surface area contributed by atoms with Crippen molar-refractivity contribution in [2.24, 2.45) is 5.92 Å². The number of amides is 1. The number of fused-ring (bicyclic) bond motifs is 4.